The lowest BCUT2D eigenvalue weighted by atomic mass is 9.74. The second kappa shape index (κ2) is 10.6. The predicted octanol–water partition coefficient (Wildman–Crippen LogP) is 8.23. The fraction of sp³-hybridized carbons (Fsp3) is 0.667. The van der Waals surface area contributed by atoms with Gasteiger partial charge in [-0.1, -0.05) is 53.1 Å². The van der Waals surface area contributed by atoms with Crippen molar-refractivity contribution >= 4 is 15.9 Å². The molecule has 2 saturated carbocycles. The van der Waals surface area contributed by atoms with Gasteiger partial charge in [-0.05, 0) is 99.2 Å². The maximum atomic E-state index is 12.2. The quantitative estimate of drug-likeness (QED) is 0.389. The topological polar surface area (TPSA) is 0 Å². The maximum absolute atomic E-state index is 12.2. The first-order chi connectivity index (χ1) is 12.7. The highest BCUT2D eigenvalue weighted by molar-refractivity contribution is 9.10. The molecule has 0 aliphatic heterocycles. The molecule has 3 rings (SSSR count). The Hall–Kier alpha value is -0.630. The van der Waals surface area contributed by atoms with E-state index >= 15 is 0 Å². The van der Waals surface area contributed by atoms with Gasteiger partial charge in [-0.25, -0.2) is 0 Å². The molecule has 0 heterocycles. The third-order valence-corrected chi connectivity index (χ3v) is 7.28. The molecule has 0 nitrogen and oxygen atoms in total. The van der Waals surface area contributed by atoms with E-state index in [1.807, 2.05) is 0 Å². The number of hydrogen-bond donors (Lipinski definition) is 0. The van der Waals surface area contributed by atoms with Crippen molar-refractivity contribution < 1.29 is 4.39 Å². The molecule has 2 fully saturated rings. The summed E-state index contributed by atoms with van der Waals surface area (Å²) in [7, 11) is 0. The van der Waals surface area contributed by atoms with Crippen molar-refractivity contribution in [2.45, 2.75) is 76.5 Å². The average Bonchev–Trinajstić information content (AvgIpc) is 2.69. The van der Waals surface area contributed by atoms with E-state index in [1.54, 1.807) is 0 Å². The highest BCUT2D eigenvalue weighted by Crippen LogP contribution is 2.40. The Bertz CT molecular complexity index is 534. The summed E-state index contributed by atoms with van der Waals surface area (Å²) in [6.45, 7) is -0.212. The molecule has 0 N–H and O–H groups in total. The third-order valence-electron chi connectivity index (χ3n) is 6.75. The fourth-order valence-electron chi connectivity index (χ4n) is 5.01. The Morgan fingerprint density at radius 1 is 0.846 bits per heavy atom. The minimum atomic E-state index is -0.212. The van der Waals surface area contributed by atoms with Gasteiger partial charge in [0.25, 0.3) is 0 Å². The van der Waals surface area contributed by atoms with Crippen LogP contribution in [-0.2, 0) is 0 Å². The second-order valence-electron chi connectivity index (χ2n) is 8.53. The molecule has 1 aromatic rings. The Morgan fingerprint density at radius 2 is 1.42 bits per heavy atom. The van der Waals surface area contributed by atoms with Gasteiger partial charge in [0.05, 0.1) is 6.67 Å². The zero-order chi connectivity index (χ0) is 18.2. The summed E-state index contributed by atoms with van der Waals surface area (Å²) in [6, 6.07) is 8.97. The molecule has 0 atom stereocenters. The van der Waals surface area contributed by atoms with E-state index in [2.05, 4.69) is 52.3 Å². The number of halogens is 2. The van der Waals surface area contributed by atoms with Crippen molar-refractivity contribution in [2.24, 2.45) is 17.8 Å². The summed E-state index contributed by atoms with van der Waals surface area (Å²) in [5.74, 6) is 3.42. The summed E-state index contributed by atoms with van der Waals surface area (Å²) in [6.07, 6.45) is 18.8. The molecule has 0 spiro atoms. The monoisotopic (exact) mass is 420 g/mol. The van der Waals surface area contributed by atoms with Crippen molar-refractivity contribution in [3.63, 3.8) is 0 Å². The van der Waals surface area contributed by atoms with Gasteiger partial charge < -0.3 is 0 Å². The largest absolute Gasteiger partial charge is 0.251 e. The standard InChI is InChI=1S/C24H34BrF/c25-24-16-14-23(15-17-24)22-12-10-21(11-13-22)9-8-20-6-4-19(5-7-20)3-1-2-18-26/h1,3,14-17,19-22H,2,4-13,18H2/b3-1+. The molecule has 0 unspecified atom stereocenters. The number of rotatable bonds is 7. The van der Waals surface area contributed by atoms with E-state index < -0.39 is 0 Å². The van der Waals surface area contributed by atoms with Crippen molar-refractivity contribution in [3.05, 3.63) is 46.5 Å². The minimum absolute atomic E-state index is 0.212. The predicted molar refractivity (Wildman–Crippen MR) is 113 cm³/mol. The van der Waals surface area contributed by atoms with Crippen LogP contribution < -0.4 is 0 Å². The zero-order valence-corrected chi connectivity index (χ0v) is 17.6. The number of hydrogen-bond acceptors (Lipinski definition) is 0. The Balaban J connectivity index is 1.32. The Morgan fingerprint density at radius 3 is 2.00 bits per heavy atom. The van der Waals surface area contributed by atoms with Gasteiger partial charge in [0.15, 0.2) is 0 Å². The van der Waals surface area contributed by atoms with Crippen LogP contribution in [0.1, 0.15) is 82.1 Å². The summed E-state index contributed by atoms with van der Waals surface area (Å²) in [5, 5.41) is 0. The van der Waals surface area contributed by atoms with Crippen LogP contribution in [0.15, 0.2) is 40.9 Å². The van der Waals surface area contributed by atoms with E-state index in [9.17, 15) is 4.39 Å². The highest BCUT2D eigenvalue weighted by Gasteiger charge is 2.24. The molecule has 0 aromatic heterocycles. The number of alkyl halides is 1. The highest BCUT2D eigenvalue weighted by atomic mass is 79.9. The molecule has 2 aliphatic carbocycles. The molecule has 0 radical (unpaired) electrons. The summed E-state index contributed by atoms with van der Waals surface area (Å²) >= 11 is 3.54. The normalized spacial score (nSPS) is 29.9. The average molecular weight is 421 g/mol. The van der Waals surface area contributed by atoms with Crippen LogP contribution in [0.25, 0.3) is 0 Å². The smallest absolute Gasteiger partial charge is 0.0928 e. The summed E-state index contributed by atoms with van der Waals surface area (Å²) < 4.78 is 13.4. The van der Waals surface area contributed by atoms with Gasteiger partial charge in [-0.15, -0.1) is 0 Å². The van der Waals surface area contributed by atoms with Crippen LogP contribution in [0.4, 0.5) is 4.39 Å². The van der Waals surface area contributed by atoms with E-state index in [4.69, 9.17) is 0 Å². The minimum Gasteiger partial charge on any atom is -0.251 e. The van der Waals surface area contributed by atoms with Gasteiger partial charge in [-0.2, -0.15) is 0 Å². The van der Waals surface area contributed by atoms with Crippen LogP contribution in [0, 0.1) is 17.8 Å². The van der Waals surface area contributed by atoms with Crippen molar-refractivity contribution in [1.29, 1.82) is 0 Å². The first-order valence-electron chi connectivity index (χ1n) is 10.7. The molecule has 1 aromatic carbocycles. The summed E-state index contributed by atoms with van der Waals surface area (Å²) in [5.41, 5.74) is 1.53. The van der Waals surface area contributed by atoms with E-state index in [1.165, 1.54) is 74.2 Å². The van der Waals surface area contributed by atoms with Gasteiger partial charge in [0, 0.05) is 4.47 Å². The zero-order valence-electron chi connectivity index (χ0n) is 16.0. The molecule has 26 heavy (non-hydrogen) atoms. The first-order valence-corrected chi connectivity index (χ1v) is 11.5. The Labute approximate surface area is 167 Å². The number of allylic oxidation sites excluding steroid dienone is 2. The van der Waals surface area contributed by atoms with Gasteiger partial charge >= 0.3 is 0 Å². The molecule has 0 saturated heterocycles. The first kappa shape index (κ1) is 20.1. The van der Waals surface area contributed by atoms with E-state index in [0.717, 1.165) is 23.7 Å². The summed E-state index contributed by atoms with van der Waals surface area (Å²) in [4.78, 5) is 0. The van der Waals surface area contributed by atoms with Crippen LogP contribution in [0.5, 0.6) is 0 Å². The van der Waals surface area contributed by atoms with Crippen LogP contribution in [0.2, 0.25) is 0 Å². The fourth-order valence-corrected chi connectivity index (χ4v) is 5.28. The van der Waals surface area contributed by atoms with E-state index in [-0.39, 0.29) is 6.67 Å². The van der Waals surface area contributed by atoms with E-state index in [0.29, 0.717) is 6.42 Å². The van der Waals surface area contributed by atoms with Gasteiger partial charge in [-0.3, -0.25) is 4.39 Å². The number of benzene rings is 1. The van der Waals surface area contributed by atoms with Crippen LogP contribution in [-0.4, -0.2) is 6.67 Å². The van der Waals surface area contributed by atoms with Crippen LogP contribution >= 0.6 is 15.9 Å². The third kappa shape index (κ3) is 6.22. The van der Waals surface area contributed by atoms with Gasteiger partial charge in [0.1, 0.15) is 0 Å². The molecule has 2 heteroatoms. The Kier molecular flexibility index (Phi) is 8.23. The SMILES string of the molecule is FCC/C=C/C1CCC(CCC2CCC(c3ccc(Br)cc3)CC2)CC1. The molecule has 2 aliphatic rings. The molecule has 0 bridgehead atoms. The van der Waals surface area contributed by atoms with Gasteiger partial charge in [0.2, 0.25) is 0 Å². The van der Waals surface area contributed by atoms with Crippen molar-refractivity contribution in [2.75, 3.05) is 6.67 Å². The second-order valence-corrected chi connectivity index (χ2v) is 9.45. The molecular weight excluding hydrogens is 387 g/mol. The molecule has 144 valence electrons. The molecular formula is C24H34BrF. The van der Waals surface area contributed by atoms with Crippen molar-refractivity contribution in [3.8, 4) is 0 Å². The van der Waals surface area contributed by atoms with Crippen molar-refractivity contribution in [1.82, 2.24) is 0 Å². The lowest BCUT2D eigenvalue weighted by molar-refractivity contribution is 0.246. The lowest BCUT2D eigenvalue weighted by Gasteiger charge is -2.31. The van der Waals surface area contributed by atoms with Crippen LogP contribution in [0.3, 0.4) is 0 Å². The lowest BCUT2D eigenvalue weighted by Crippen LogP contribution is -2.17. The molecule has 0 amide bonds. The maximum Gasteiger partial charge on any atom is 0.0928 e.